The van der Waals surface area contributed by atoms with Crippen LogP contribution in [-0.2, 0) is 0 Å². The Balaban J connectivity index is 2.66. The second-order valence-electron chi connectivity index (χ2n) is 3.46. The molecule has 1 aliphatic carbocycles. The van der Waals surface area contributed by atoms with Crippen LogP contribution in [0.1, 0.15) is 45.4 Å². The molecule has 0 bridgehead atoms. The highest BCUT2D eigenvalue weighted by molar-refractivity contribution is 6.31. The average Bonchev–Trinajstić information content (AvgIpc) is 1.96. The van der Waals surface area contributed by atoms with Crippen molar-refractivity contribution >= 4 is 23.2 Å². The molecule has 0 aromatic carbocycles. The molecule has 0 fully saturated rings. The molecule has 2 heteroatoms. The predicted molar refractivity (Wildman–Crippen MR) is 55.9 cm³/mol. The van der Waals surface area contributed by atoms with Gasteiger partial charge in [-0.05, 0) is 38.2 Å². The van der Waals surface area contributed by atoms with E-state index in [0.717, 1.165) is 17.9 Å². The smallest absolute Gasteiger partial charge is 0.0531 e. The third-order valence-electron chi connectivity index (χ3n) is 2.42. The van der Waals surface area contributed by atoms with E-state index in [4.69, 9.17) is 23.2 Å². The first-order valence-corrected chi connectivity index (χ1v) is 5.54. The van der Waals surface area contributed by atoms with Gasteiger partial charge in [0, 0.05) is 5.03 Å². The van der Waals surface area contributed by atoms with Gasteiger partial charge in [0.25, 0.3) is 0 Å². The summed E-state index contributed by atoms with van der Waals surface area (Å²) in [6.45, 7) is 2.01. The standard InChI is InChI=1S/C10H16Cl2/c1-8(11)9-6-4-2-3-5-7-10(9)12/h8H,2-7H2,1H3/b10-9-. The van der Waals surface area contributed by atoms with E-state index in [9.17, 15) is 0 Å². The Morgan fingerprint density at radius 3 is 2.25 bits per heavy atom. The van der Waals surface area contributed by atoms with E-state index in [2.05, 4.69) is 0 Å². The molecule has 0 spiro atoms. The van der Waals surface area contributed by atoms with Crippen molar-refractivity contribution in [2.45, 2.75) is 50.8 Å². The Morgan fingerprint density at radius 1 is 1.08 bits per heavy atom. The van der Waals surface area contributed by atoms with Gasteiger partial charge in [-0.2, -0.15) is 0 Å². The molecule has 0 N–H and O–H groups in total. The van der Waals surface area contributed by atoms with Gasteiger partial charge in [0.2, 0.25) is 0 Å². The molecular formula is C10H16Cl2. The highest BCUT2D eigenvalue weighted by Gasteiger charge is 2.12. The number of halogens is 2. The molecule has 0 radical (unpaired) electrons. The molecule has 0 aromatic rings. The van der Waals surface area contributed by atoms with Gasteiger partial charge in [-0.15, -0.1) is 11.6 Å². The first kappa shape index (κ1) is 10.4. The van der Waals surface area contributed by atoms with Crippen LogP contribution in [0.15, 0.2) is 10.6 Å². The molecule has 0 amide bonds. The zero-order chi connectivity index (χ0) is 8.97. The van der Waals surface area contributed by atoms with Crippen LogP contribution in [0.4, 0.5) is 0 Å². The Kier molecular flexibility index (Phi) is 4.45. The van der Waals surface area contributed by atoms with E-state index in [-0.39, 0.29) is 5.38 Å². The molecule has 0 saturated heterocycles. The molecule has 1 atom stereocenters. The number of hydrogen-bond donors (Lipinski definition) is 0. The Hall–Kier alpha value is 0.320. The maximum atomic E-state index is 6.15. The van der Waals surface area contributed by atoms with E-state index in [1.165, 1.54) is 31.3 Å². The summed E-state index contributed by atoms with van der Waals surface area (Å²) in [4.78, 5) is 0. The van der Waals surface area contributed by atoms with Gasteiger partial charge < -0.3 is 0 Å². The van der Waals surface area contributed by atoms with E-state index < -0.39 is 0 Å². The van der Waals surface area contributed by atoms with Crippen molar-refractivity contribution in [3.63, 3.8) is 0 Å². The van der Waals surface area contributed by atoms with Crippen molar-refractivity contribution in [1.29, 1.82) is 0 Å². The van der Waals surface area contributed by atoms with Crippen LogP contribution in [0.5, 0.6) is 0 Å². The molecular weight excluding hydrogens is 191 g/mol. The summed E-state index contributed by atoms with van der Waals surface area (Å²) in [6.07, 6.45) is 7.27. The summed E-state index contributed by atoms with van der Waals surface area (Å²) in [5.74, 6) is 0. The minimum absolute atomic E-state index is 0.121. The average molecular weight is 207 g/mol. The minimum Gasteiger partial charge on any atom is -0.118 e. The molecule has 1 aliphatic rings. The summed E-state index contributed by atoms with van der Waals surface area (Å²) in [6, 6.07) is 0. The van der Waals surface area contributed by atoms with Gasteiger partial charge in [0.1, 0.15) is 0 Å². The van der Waals surface area contributed by atoms with Crippen molar-refractivity contribution in [2.75, 3.05) is 0 Å². The third-order valence-corrected chi connectivity index (χ3v) is 3.12. The lowest BCUT2D eigenvalue weighted by molar-refractivity contribution is 0.614. The summed E-state index contributed by atoms with van der Waals surface area (Å²) < 4.78 is 0. The molecule has 0 heterocycles. The van der Waals surface area contributed by atoms with Crippen LogP contribution in [0.2, 0.25) is 0 Å². The summed E-state index contributed by atoms with van der Waals surface area (Å²) in [5.41, 5.74) is 1.28. The highest BCUT2D eigenvalue weighted by atomic mass is 35.5. The lowest BCUT2D eigenvalue weighted by Gasteiger charge is -2.15. The number of hydrogen-bond acceptors (Lipinski definition) is 0. The van der Waals surface area contributed by atoms with Gasteiger partial charge in [-0.25, -0.2) is 0 Å². The monoisotopic (exact) mass is 206 g/mol. The Bertz CT molecular complexity index is 171. The lowest BCUT2D eigenvalue weighted by atomic mass is 9.98. The number of allylic oxidation sites excluding steroid dienone is 2. The van der Waals surface area contributed by atoms with Gasteiger partial charge >= 0.3 is 0 Å². The quantitative estimate of drug-likeness (QED) is 0.557. The zero-order valence-corrected chi connectivity index (χ0v) is 9.09. The first-order chi connectivity index (χ1) is 5.72. The van der Waals surface area contributed by atoms with Crippen LogP contribution in [0.25, 0.3) is 0 Å². The highest BCUT2D eigenvalue weighted by Crippen LogP contribution is 2.29. The summed E-state index contributed by atoms with van der Waals surface area (Å²) in [7, 11) is 0. The topological polar surface area (TPSA) is 0 Å². The molecule has 0 aliphatic heterocycles. The largest absolute Gasteiger partial charge is 0.118 e. The second kappa shape index (κ2) is 5.14. The summed E-state index contributed by atoms with van der Waals surface area (Å²) in [5, 5.41) is 1.15. The van der Waals surface area contributed by atoms with Crippen LogP contribution in [0.3, 0.4) is 0 Å². The SMILES string of the molecule is CC(Cl)/C1=C(\Cl)CCCCCC1. The van der Waals surface area contributed by atoms with Crippen molar-refractivity contribution in [1.82, 2.24) is 0 Å². The van der Waals surface area contributed by atoms with Crippen LogP contribution in [0, 0.1) is 0 Å². The zero-order valence-electron chi connectivity index (χ0n) is 7.58. The first-order valence-electron chi connectivity index (χ1n) is 4.73. The Morgan fingerprint density at radius 2 is 1.67 bits per heavy atom. The lowest BCUT2D eigenvalue weighted by Crippen LogP contribution is -2.02. The van der Waals surface area contributed by atoms with Gasteiger partial charge in [0.15, 0.2) is 0 Å². The van der Waals surface area contributed by atoms with Gasteiger partial charge in [0.05, 0.1) is 5.38 Å². The predicted octanol–water partition coefficient (Wildman–Crippen LogP) is 4.46. The maximum absolute atomic E-state index is 6.15. The fraction of sp³-hybridized carbons (Fsp3) is 0.800. The maximum Gasteiger partial charge on any atom is 0.0531 e. The van der Waals surface area contributed by atoms with E-state index >= 15 is 0 Å². The van der Waals surface area contributed by atoms with E-state index in [0.29, 0.717) is 0 Å². The Labute approximate surface area is 84.9 Å². The fourth-order valence-corrected chi connectivity index (χ4v) is 2.35. The molecule has 1 unspecified atom stereocenters. The molecule has 70 valence electrons. The van der Waals surface area contributed by atoms with E-state index in [1.807, 2.05) is 6.92 Å². The van der Waals surface area contributed by atoms with Crippen molar-refractivity contribution in [2.24, 2.45) is 0 Å². The molecule has 12 heavy (non-hydrogen) atoms. The summed E-state index contributed by atoms with van der Waals surface area (Å²) >= 11 is 12.2. The molecule has 1 rings (SSSR count). The van der Waals surface area contributed by atoms with Crippen LogP contribution < -0.4 is 0 Å². The van der Waals surface area contributed by atoms with Crippen LogP contribution >= 0.6 is 23.2 Å². The number of rotatable bonds is 1. The normalized spacial score (nSPS) is 29.2. The number of alkyl halides is 1. The molecule has 0 nitrogen and oxygen atoms in total. The van der Waals surface area contributed by atoms with Gasteiger partial charge in [-0.3, -0.25) is 0 Å². The molecule has 0 saturated carbocycles. The van der Waals surface area contributed by atoms with Crippen LogP contribution in [-0.4, -0.2) is 5.38 Å². The van der Waals surface area contributed by atoms with Crippen molar-refractivity contribution < 1.29 is 0 Å². The second-order valence-corrected chi connectivity index (χ2v) is 4.57. The van der Waals surface area contributed by atoms with Crippen molar-refractivity contribution in [3.8, 4) is 0 Å². The minimum atomic E-state index is 0.121. The third kappa shape index (κ3) is 2.99. The van der Waals surface area contributed by atoms with Crippen molar-refractivity contribution in [3.05, 3.63) is 10.6 Å². The fourth-order valence-electron chi connectivity index (χ4n) is 1.66. The van der Waals surface area contributed by atoms with Gasteiger partial charge in [-0.1, -0.05) is 24.4 Å². The molecule has 0 aromatic heterocycles. The van der Waals surface area contributed by atoms with E-state index in [1.54, 1.807) is 0 Å².